The van der Waals surface area contributed by atoms with Gasteiger partial charge in [0.1, 0.15) is 0 Å². The predicted molar refractivity (Wildman–Crippen MR) is 97.6 cm³/mol. The Balaban J connectivity index is 1.90. The van der Waals surface area contributed by atoms with Gasteiger partial charge in [0.2, 0.25) is 0 Å². The van der Waals surface area contributed by atoms with Crippen LogP contribution in [0.4, 0.5) is 0 Å². The Morgan fingerprint density at radius 2 is 2.16 bits per heavy atom. The molecule has 0 bridgehead atoms. The Morgan fingerprint density at radius 1 is 1.48 bits per heavy atom. The molecule has 2 heterocycles. The lowest BCUT2D eigenvalue weighted by atomic mass is 9.87. The number of aromatic nitrogens is 3. The van der Waals surface area contributed by atoms with Gasteiger partial charge >= 0.3 is 0 Å². The standard InChI is InChI=1S/C19H28N4O2/c1-11(24)9-19(3,4)10-20-18(25)14-8-15(13-6-7-13)21-17-16(14)12(2)22-23(17)5/h8,11,13,24H,6-7,9-10H2,1-5H3,(H,20,25). The molecule has 1 unspecified atom stereocenters. The van der Waals surface area contributed by atoms with Crippen molar-refractivity contribution in [3.8, 4) is 0 Å². The first-order valence-corrected chi connectivity index (χ1v) is 8.98. The summed E-state index contributed by atoms with van der Waals surface area (Å²) in [5.74, 6) is 0.377. The zero-order valence-corrected chi connectivity index (χ0v) is 15.8. The molecule has 1 amide bonds. The van der Waals surface area contributed by atoms with Crippen LogP contribution in [0.2, 0.25) is 0 Å². The van der Waals surface area contributed by atoms with Crippen LogP contribution in [0.3, 0.4) is 0 Å². The van der Waals surface area contributed by atoms with Crippen LogP contribution in [0.5, 0.6) is 0 Å². The van der Waals surface area contributed by atoms with Crippen molar-refractivity contribution in [2.45, 2.75) is 59.0 Å². The average Bonchev–Trinajstić information content (AvgIpc) is 3.31. The number of aryl methyl sites for hydroxylation is 2. The Morgan fingerprint density at radius 3 is 2.76 bits per heavy atom. The van der Waals surface area contributed by atoms with E-state index in [1.54, 1.807) is 11.6 Å². The zero-order valence-electron chi connectivity index (χ0n) is 15.8. The molecule has 2 aromatic heterocycles. The molecule has 0 aliphatic heterocycles. The van der Waals surface area contributed by atoms with Gasteiger partial charge in [-0.1, -0.05) is 13.8 Å². The number of aliphatic hydroxyl groups excluding tert-OH is 1. The van der Waals surface area contributed by atoms with E-state index in [1.807, 2.05) is 33.9 Å². The number of amides is 1. The number of carbonyl (C=O) groups is 1. The Hall–Kier alpha value is -1.95. The van der Waals surface area contributed by atoms with Gasteiger partial charge in [-0.3, -0.25) is 9.48 Å². The molecule has 0 aromatic carbocycles. The molecular weight excluding hydrogens is 316 g/mol. The van der Waals surface area contributed by atoms with Gasteiger partial charge in [0.05, 0.1) is 22.7 Å². The minimum Gasteiger partial charge on any atom is -0.393 e. The normalized spacial score (nSPS) is 16.2. The summed E-state index contributed by atoms with van der Waals surface area (Å²) in [4.78, 5) is 17.6. The molecule has 1 aliphatic carbocycles. The summed E-state index contributed by atoms with van der Waals surface area (Å²) in [7, 11) is 1.87. The number of rotatable bonds is 6. The molecular formula is C19H28N4O2. The predicted octanol–water partition coefficient (Wildman–Crippen LogP) is 2.68. The SMILES string of the molecule is Cc1nn(C)c2nc(C3CC3)cc(C(=O)NCC(C)(C)CC(C)O)c12. The van der Waals surface area contributed by atoms with E-state index in [1.165, 1.54) is 0 Å². The molecule has 0 radical (unpaired) electrons. The molecule has 1 aliphatic rings. The molecule has 136 valence electrons. The number of aliphatic hydroxyl groups is 1. The third kappa shape index (κ3) is 3.84. The molecule has 2 aromatic rings. The molecule has 2 N–H and O–H groups in total. The molecule has 0 saturated heterocycles. The fourth-order valence-corrected chi connectivity index (χ4v) is 3.52. The summed E-state index contributed by atoms with van der Waals surface area (Å²) in [5, 5.41) is 17.9. The summed E-state index contributed by atoms with van der Waals surface area (Å²) < 4.78 is 1.75. The van der Waals surface area contributed by atoms with E-state index < -0.39 is 0 Å². The first-order valence-electron chi connectivity index (χ1n) is 8.98. The van der Waals surface area contributed by atoms with E-state index in [0.717, 1.165) is 35.3 Å². The lowest BCUT2D eigenvalue weighted by molar-refractivity contribution is 0.0903. The van der Waals surface area contributed by atoms with Crippen molar-refractivity contribution in [3.63, 3.8) is 0 Å². The Bertz CT molecular complexity index is 803. The van der Waals surface area contributed by atoms with Crippen LogP contribution >= 0.6 is 0 Å². The highest BCUT2D eigenvalue weighted by Gasteiger charge is 2.29. The fraction of sp³-hybridized carbons (Fsp3) is 0.632. The molecule has 6 heteroatoms. The van der Waals surface area contributed by atoms with Crippen molar-refractivity contribution >= 4 is 16.9 Å². The van der Waals surface area contributed by atoms with Gasteiger partial charge in [0.15, 0.2) is 5.65 Å². The maximum atomic E-state index is 12.9. The van der Waals surface area contributed by atoms with Gasteiger partial charge in [-0.25, -0.2) is 4.98 Å². The van der Waals surface area contributed by atoms with Crippen LogP contribution in [-0.4, -0.2) is 38.4 Å². The first-order chi connectivity index (χ1) is 11.7. The third-order valence-corrected chi connectivity index (χ3v) is 4.80. The smallest absolute Gasteiger partial charge is 0.252 e. The second-order valence-electron chi connectivity index (χ2n) is 8.18. The van der Waals surface area contributed by atoms with E-state index in [0.29, 0.717) is 24.4 Å². The quantitative estimate of drug-likeness (QED) is 0.844. The Kier molecular flexibility index (Phi) is 4.58. The molecule has 1 atom stereocenters. The number of carbonyl (C=O) groups excluding carboxylic acids is 1. The summed E-state index contributed by atoms with van der Waals surface area (Å²) in [6.07, 6.45) is 2.52. The van der Waals surface area contributed by atoms with Gasteiger partial charge in [0.25, 0.3) is 5.91 Å². The van der Waals surface area contributed by atoms with Crippen molar-refractivity contribution in [3.05, 3.63) is 23.0 Å². The fourth-order valence-electron chi connectivity index (χ4n) is 3.52. The van der Waals surface area contributed by atoms with Crippen molar-refractivity contribution < 1.29 is 9.90 Å². The lowest BCUT2D eigenvalue weighted by Crippen LogP contribution is -2.35. The monoisotopic (exact) mass is 344 g/mol. The van der Waals surface area contributed by atoms with Gasteiger partial charge in [-0.15, -0.1) is 0 Å². The second kappa shape index (κ2) is 6.41. The lowest BCUT2D eigenvalue weighted by Gasteiger charge is -2.26. The third-order valence-electron chi connectivity index (χ3n) is 4.80. The van der Waals surface area contributed by atoms with Gasteiger partial charge in [0, 0.05) is 25.2 Å². The number of fused-ring (bicyclic) bond motifs is 1. The number of hydrogen-bond donors (Lipinski definition) is 2. The number of hydrogen-bond acceptors (Lipinski definition) is 4. The van der Waals surface area contributed by atoms with Gasteiger partial charge < -0.3 is 10.4 Å². The van der Waals surface area contributed by atoms with Gasteiger partial charge in [-0.05, 0) is 44.6 Å². The van der Waals surface area contributed by atoms with Crippen molar-refractivity contribution in [1.82, 2.24) is 20.1 Å². The van der Waals surface area contributed by atoms with E-state index in [-0.39, 0.29) is 17.4 Å². The van der Waals surface area contributed by atoms with Crippen LogP contribution in [0.1, 0.15) is 67.7 Å². The highest BCUT2D eigenvalue weighted by Crippen LogP contribution is 2.40. The number of nitrogens with one attached hydrogen (secondary N) is 1. The first kappa shape index (κ1) is 17.9. The molecule has 1 saturated carbocycles. The molecule has 1 fully saturated rings. The van der Waals surface area contributed by atoms with E-state index in [9.17, 15) is 9.90 Å². The van der Waals surface area contributed by atoms with Crippen molar-refractivity contribution in [2.24, 2.45) is 12.5 Å². The van der Waals surface area contributed by atoms with Crippen molar-refractivity contribution in [1.29, 1.82) is 0 Å². The van der Waals surface area contributed by atoms with Gasteiger partial charge in [-0.2, -0.15) is 5.10 Å². The minimum absolute atomic E-state index is 0.0935. The number of nitrogens with zero attached hydrogens (tertiary/aromatic N) is 3. The molecule has 6 nitrogen and oxygen atoms in total. The van der Waals surface area contributed by atoms with Crippen LogP contribution in [0.25, 0.3) is 11.0 Å². The maximum Gasteiger partial charge on any atom is 0.252 e. The highest BCUT2D eigenvalue weighted by atomic mass is 16.3. The van der Waals surface area contributed by atoms with Crippen LogP contribution < -0.4 is 5.32 Å². The van der Waals surface area contributed by atoms with Crippen LogP contribution in [-0.2, 0) is 7.05 Å². The van der Waals surface area contributed by atoms with Crippen LogP contribution in [0, 0.1) is 12.3 Å². The highest BCUT2D eigenvalue weighted by molar-refractivity contribution is 6.06. The summed E-state index contributed by atoms with van der Waals surface area (Å²) in [6, 6.07) is 1.94. The zero-order chi connectivity index (χ0) is 18.4. The Labute approximate surface area is 148 Å². The average molecular weight is 344 g/mol. The van der Waals surface area contributed by atoms with E-state index >= 15 is 0 Å². The molecule has 25 heavy (non-hydrogen) atoms. The van der Waals surface area contributed by atoms with Crippen LogP contribution in [0.15, 0.2) is 6.07 Å². The maximum absolute atomic E-state index is 12.9. The summed E-state index contributed by atoms with van der Waals surface area (Å²) in [6.45, 7) is 8.30. The van der Waals surface area contributed by atoms with Crippen molar-refractivity contribution in [2.75, 3.05) is 6.54 Å². The summed E-state index contributed by atoms with van der Waals surface area (Å²) >= 11 is 0. The topological polar surface area (TPSA) is 80.0 Å². The van der Waals surface area contributed by atoms with E-state index in [2.05, 4.69) is 10.4 Å². The van der Waals surface area contributed by atoms with E-state index in [4.69, 9.17) is 4.98 Å². The molecule has 3 rings (SSSR count). The second-order valence-corrected chi connectivity index (χ2v) is 8.18. The minimum atomic E-state index is -0.387. The largest absolute Gasteiger partial charge is 0.393 e. The molecule has 0 spiro atoms. The summed E-state index contributed by atoms with van der Waals surface area (Å²) in [5.41, 5.74) is 3.07. The number of pyridine rings is 1.